The van der Waals surface area contributed by atoms with E-state index in [0.29, 0.717) is 11.4 Å². The van der Waals surface area contributed by atoms with Crippen LogP contribution in [0.5, 0.6) is 0 Å². The largest absolute Gasteiger partial charge is 0.352 e. The van der Waals surface area contributed by atoms with Crippen LogP contribution in [-0.4, -0.2) is 47.6 Å². The summed E-state index contributed by atoms with van der Waals surface area (Å²) in [5.74, 6) is -0.227. The highest BCUT2D eigenvalue weighted by molar-refractivity contribution is 8.00. The predicted octanol–water partition coefficient (Wildman–Crippen LogP) is 2.89. The van der Waals surface area contributed by atoms with Crippen LogP contribution in [0.4, 0.5) is 4.39 Å². The van der Waals surface area contributed by atoms with Crippen molar-refractivity contribution in [2.75, 3.05) is 17.3 Å². The smallest absolute Gasteiger partial charge is 0.230 e. The standard InChI is InChI=1S/C18H16FN3O3S3/c19-12-3-1-11(2-4-12)15-7-14-17(27-15)18(21-10-20-14)26-8-16(23)22-13-5-6-28(24,25)9-13/h1-4,7,10,13H,5-6,8-9H2,(H,22,23)/t13-/m0/s1. The van der Waals surface area contributed by atoms with Crippen LogP contribution in [0.1, 0.15) is 6.42 Å². The molecule has 1 fully saturated rings. The minimum absolute atomic E-state index is 0.00706. The van der Waals surface area contributed by atoms with Gasteiger partial charge >= 0.3 is 0 Å². The van der Waals surface area contributed by atoms with Gasteiger partial charge < -0.3 is 5.32 Å². The van der Waals surface area contributed by atoms with Crippen LogP contribution >= 0.6 is 23.1 Å². The Kier molecular flexibility index (Phi) is 5.35. The molecule has 2 aromatic heterocycles. The quantitative estimate of drug-likeness (QED) is 0.488. The van der Waals surface area contributed by atoms with Crippen LogP contribution in [0, 0.1) is 5.82 Å². The average molecular weight is 438 g/mol. The summed E-state index contributed by atoms with van der Waals surface area (Å²) in [6.45, 7) is 0. The number of amides is 1. The molecule has 3 heterocycles. The van der Waals surface area contributed by atoms with Crippen molar-refractivity contribution in [2.45, 2.75) is 17.5 Å². The fourth-order valence-electron chi connectivity index (χ4n) is 3.00. The number of thiophene rings is 1. The average Bonchev–Trinajstić information content (AvgIpc) is 3.23. The fourth-order valence-corrected chi connectivity index (χ4v) is 6.69. The van der Waals surface area contributed by atoms with E-state index in [4.69, 9.17) is 0 Å². The van der Waals surface area contributed by atoms with Crippen molar-refractivity contribution in [3.8, 4) is 10.4 Å². The number of thioether (sulfide) groups is 1. The Morgan fingerprint density at radius 1 is 1.29 bits per heavy atom. The summed E-state index contributed by atoms with van der Waals surface area (Å²) < 4.78 is 37.0. The molecule has 4 rings (SSSR count). The molecule has 28 heavy (non-hydrogen) atoms. The molecular formula is C18H16FN3O3S3. The zero-order valence-corrected chi connectivity index (χ0v) is 17.0. The van der Waals surface area contributed by atoms with Gasteiger partial charge in [0.15, 0.2) is 9.84 Å². The summed E-state index contributed by atoms with van der Waals surface area (Å²) in [4.78, 5) is 21.7. The molecule has 0 unspecified atom stereocenters. The van der Waals surface area contributed by atoms with Gasteiger partial charge in [-0.2, -0.15) is 0 Å². The van der Waals surface area contributed by atoms with E-state index in [1.807, 2.05) is 6.07 Å². The Morgan fingerprint density at radius 3 is 2.79 bits per heavy atom. The molecule has 1 saturated heterocycles. The third kappa shape index (κ3) is 4.34. The van der Waals surface area contributed by atoms with Crippen molar-refractivity contribution in [2.24, 2.45) is 0 Å². The van der Waals surface area contributed by atoms with Gasteiger partial charge in [0.2, 0.25) is 5.91 Å². The van der Waals surface area contributed by atoms with Gasteiger partial charge in [0.1, 0.15) is 17.2 Å². The number of hydrogen-bond donors (Lipinski definition) is 1. The van der Waals surface area contributed by atoms with Crippen LogP contribution in [0.15, 0.2) is 41.7 Å². The highest BCUT2D eigenvalue weighted by Crippen LogP contribution is 2.36. The number of fused-ring (bicyclic) bond motifs is 1. The van der Waals surface area contributed by atoms with Crippen molar-refractivity contribution in [1.29, 1.82) is 0 Å². The lowest BCUT2D eigenvalue weighted by molar-refractivity contribution is -0.119. The lowest BCUT2D eigenvalue weighted by Gasteiger charge is -2.10. The van der Waals surface area contributed by atoms with E-state index in [2.05, 4.69) is 15.3 Å². The van der Waals surface area contributed by atoms with Gasteiger partial charge in [-0.1, -0.05) is 23.9 Å². The molecule has 3 aromatic rings. The third-order valence-corrected chi connectivity index (χ3v) is 8.41. The molecule has 0 radical (unpaired) electrons. The summed E-state index contributed by atoms with van der Waals surface area (Å²) in [7, 11) is -3.03. The van der Waals surface area contributed by atoms with E-state index < -0.39 is 9.84 Å². The van der Waals surface area contributed by atoms with E-state index in [-0.39, 0.29) is 35.0 Å². The van der Waals surface area contributed by atoms with Gasteiger partial charge in [-0.25, -0.2) is 22.8 Å². The number of benzene rings is 1. The highest BCUT2D eigenvalue weighted by atomic mass is 32.2. The molecule has 1 aromatic carbocycles. The Hall–Kier alpha value is -2.04. The van der Waals surface area contributed by atoms with Gasteiger partial charge in [0.25, 0.3) is 0 Å². The summed E-state index contributed by atoms with van der Waals surface area (Å²) >= 11 is 2.78. The summed E-state index contributed by atoms with van der Waals surface area (Å²) in [5, 5.41) is 3.47. The maximum Gasteiger partial charge on any atom is 0.230 e. The fraction of sp³-hybridized carbons (Fsp3) is 0.278. The first-order chi connectivity index (χ1) is 13.4. The van der Waals surface area contributed by atoms with E-state index in [0.717, 1.165) is 20.7 Å². The molecule has 1 aliphatic rings. The Balaban J connectivity index is 1.46. The molecule has 0 bridgehead atoms. The van der Waals surface area contributed by atoms with Crippen molar-refractivity contribution in [3.63, 3.8) is 0 Å². The van der Waals surface area contributed by atoms with Crippen LogP contribution in [0.2, 0.25) is 0 Å². The second kappa shape index (κ2) is 7.76. The van der Waals surface area contributed by atoms with E-state index >= 15 is 0 Å². The number of carbonyl (C=O) groups excluding carboxylic acids is 1. The molecule has 0 aliphatic carbocycles. The summed E-state index contributed by atoms with van der Waals surface area (Å²) in [6.07, 6.45) is 1.91. The Morgan fingerprint density at radius 2 is 2.07 bits per heavy atom. The molecular weight excluding hydrogens is 421 g/mol. The molecule has 0 spiro atoms. The van der Waals surface area contributed by atoms with E-state index in [1.165, 1.54) is 41.6 Å². The molecule has 1 amide bonds. The first-order valence-electron chi connectivity index (χ1n) is 8.53. The van der Waals surface area contributed by atoms with Crippen LogP contribution in [0.25, 0.3) is 20.7 Å². The SMILES string of the molecule is O=C(CSc1ncnc2cc(-c3ccc(F)cc3)sc12)N[C@H]1CCS(=O)(=O)C1. The van der Waals surface area contributed by atoms with E-state index in [9.17, 15) is 17.6 Å². The van der Waals surface area contributed by atoms with Gasteiger partial charge in [-0.3, -0.25) is 4.79 Å². The first-order valence-corrected chi connectivity index (χ1v) is 12.1. The van der Waals surface area contributed by atoms with Gasteiger partial charge in [0, 0.05) is 10.9 Å². The maximum atomic E-state index is 13.1. The zero-order chi connectivity index (χ0) is 19.7. The highest BCUT2D eigenvalue weighted by Gasteiger charge is 2.28. The minimum atomic E-state index is -3.03. The third-order valence-electron chi connectivity index (χ3n) is 4.34. The van der Waals surface area contributed by atoms with Crippen molar-refractivity contribution >= 4 is 49.1 Å². The van der Waals surface area contributed by atoms with Gasteiger partial charge in [-0.15, -0.1) is 11.3 Å². The van der Waals surface area contributed by atoms with Crippen molar-refractivity contribution in [3.05, 3.63) is 42.5 Å². The number of halogens is 1. The van der Waals surface area contributed by atoms with Gasteiger partial charge in [0.05, 0.1) is 27.5 Å². The summed E-state index contributed by atoms with van der Waals surface area (Å²) in [6, 6.07) is 7.86. The number of nitrogens with one attached hydrogen (secondary N) is 1. The molecule has 1 atom stereocenters. The molecule has 6 nitrogen and oxygen atoms in total. The lowest BCUT2D eigenvalue weighted by atomic mass is 10.2. The predicted molar refractivity (Wildman–Crippen MR) is 109 cm³/mol. The number of hydrogen-bond acceptors (Lipinski definition) is 7. The summed E-state index contributed by atoms with van der Waals surface area (Å²) in [5.41, 5.74) is 1.66. The number of carbonyl (C=O) groups is 1. The topological polar surface area (TPSA) is 89.0 Å². The monoisotopic (exact) mass is 437 g/mol. The second-order valence-electron chi connectivity index (χ2n) is 6.47. The van der Waals surface area contributed by atoms with Gasteiger partial charge in [-0.05, 0) is 30.2 Å². The molecule has 1 aliphatic heterocycles. The Bertz CT molecular complexity index is 1130. The second-order valence-corrected chi connectivity index (χ2v) is 10.7. The van der Waals surface area contributed by atoms with Crippen molar-refractivity contribution < 1.29 is 17.6 Å². The van der Waals surface area contributed by atoms with Crippen LogP contribution in [-0.2, 0) is 14.6 Å². The zero-order valence-electron chi connectivity index (χ0n) is 14.6. The van der Waals surface area contributed by atoms with Crippen LogP contribution < -0.4 is 5.32 Å². The normalized spacial score (nSPS) is 18.4. The Labute approximate surface area is 169 Å². The number of sulfone groups is 1. The molecule has 0 saturated carbocycles. The lowest BCUT2D eigenvalue weighted by Crippen LogP contribution is -2.36. The van der Waals surface area contributed by atoms with Crippen molar-refractivity contribution in [1.82, 2.24) is 15.3 Å². The van der Waals surface area contributed by atoms with Crippen LogP contribution in [0.3, 0.4) is 0 Å². The number of rotatable bonds is 5. The number of aromatic nitrogens is 2. The molecule has 146 valence electrons. The minimum Gasteiger partial charge on any atom is -0.352 e. The number of nitrogens with zero attached hydrogens (tertiary/aromatic N) is 2. The molecule has 10 heteroatoms. The first kappa shape index (κ1) is 19.3. The van der Waals surface area contributed by atoms with E-state index in [1.54, 1.807) is 12.1 Å². The maximum absolute atomic E-state index is 13.1. The molecule has 1 N–H and O–H groups in total.